The van der Waals surface area contributed by atoms with Crippen molar-refractivity contribution >= 4 is 17.4 Å². The van der Waals surface area contributed by atoms with E-state index in [9.17, 15) is 4.79 Å². The van der Waals surface area contributed by atoms with Gasteiger partial charge >= 0.3 is 0 Å². The third-order valence-electron chi connectivity index (χ3n) is 4.07. The lowest BCUT2D eigenvalue weighted by atomic mass is 9.96. The first-order chi connectivity index (χ1) is 11.1. The topological polar surface area (TPSA) is 51.2 Å². The van der Waals surface area contributed by atoms with Gasteiger partial charge in [0.2, 0.25) is 0 Å². The smallest absolute Gasteiger partial charge is 0.168 e. The average Bonchev–Trinajstić information content (AvgIpc) is 2.58. The number of aryl methyl sites for hydroxylation is 1. The second-order valence-corrected chi connectivity index (χ2v) is 6.11. The summed E-state index contributed by atoms with van der Waals surface area (Å²) in [5.41, 5.74) is 3.86. The molecule has 2 heterocycles. The molecule has 23 heavy (non-hydrogen) atoms. The van der Waals surface area contributed by atoms with Gasteiger partial charge in [0.15, 0.2) is 5.78 Å². The molecule has 2 aromatic rings. The van der Waals surface area contributed by atoms with E-state index in [0.717, 1.165) is 36.4 Å². The van der Waals surface area contributed by atoms with Crippen molar-refractivity contribution < 1.29 is 9.53 Å². The molecule has 4 nitrogen and oxygen atoms in total. The fourth-order valence-corrected chi connectivity index (χ4v) is 2.82. The molecule has 1 saturated heterocycles. The number of hydrogen-bond acceptors (Lipinski definition) is 4. The Morgan fingerprint density at radius 1 is 1.39 bits per heavy atom. The minimum Gasteiger partial charge on any atom is -0.371 e. The van der Waals surface area contributed by atoms with Gasteiger partial charge in [-0.05, 0) is 35.7 Å². The van der Waals surface area contributed by atoms with Gasteiger partial charge in [-0.15, -0.1) is 0 Å². The summed E-state index contributed by atoms with van der Waals surface area (Å²) in [7, 11) is 0. The van der Waals surface area contributed by atoms with Crippen molar-refractivity contribution in [3.8, 4) is 0 Å². The summed E-state index contributed by atoms with van der Waals surface area (Å²) in [6.07, 6.45) is 1.97. The molecule has 5 heteroatoms. The zero-order valence-corrected chi connectivity index (χ0v) is 13.8. The predicted octanol–water partition coefficient (Wildman–Crippen LogP) is 3.13. The maximum Gasteiger partial charge on any atom is 0.168 e. The van der Waals surface area contributed by atoms with Crippen LogP contribution < -0.4 is 5.32 Å². The number of ether oxygens (including phenoxy) is 1. The number of nitrogens with zero attached hydrogens (tertiary/aromatic N) is 1. The Hall–Kier alpha value is -1.75. The Kier molecular flexibility index (Phi) is 5.06. The minimum absolute atomic E-state index is 0.0422. The van der Waals surface area contributed by atoms with Crippen LogP contribution >= 0.6 is 11.6 Å². The molecule has 3 rings (SSSR count). The Morgan fingerprint density at radius 3 is 2.91 bits per heavy atom. The highest BCUT2D eigenvalue weighted by molar-refractivity contribution is 6.29. The zero-order chi connectivity index (χ0) is 16.2. The molecule has 0 saturated carbocycles. The first-order valence-corrected chi connectivity index (χ1v) is 8.08. The van der Waals surface area contributed by atoms with E-state index in [1.807, 2.05) is 19.1 Å². The number of halogens is 1. The normalized spacial score (nSPS) is 17.9. The van der Waals surface area contributed by atoms with Crippen molar-refractivity contribution in [2.24, 2.45) is 0 Å². The Bertz CT molecular complexity index is 695. The van der Waals surface area contributed by atoms with Gasteiger partial charge < -0.3 is 10.1 Å². The highest BCUT2D eigenvalue weighted by atomic mass is 35.5. The molecule has 1 fully saturated rings. The van der Waals surface area contributed by atoms with Crippen LogP contribution in [0.4, 0.5) is 0 Å². The van der Waals surface area contributed by atoms with Gasteiger partial charge in [-0.25, -0.2) is 4.98 Å². The van der Waals surface area contributed by atoms with E-state index in [1.54, 1.807) is 12.1 Å². The number of morpholine rings is 1. The van der Waals surface area contributed by atoms with E-state index in [0.29, 0.717) is 17.1 Å². The molecular weight excluding hydrogens is 312 g/mol. The first kappa shape index (κ1) is 16.1. The van der Waals surface area contributed by atoms with Crippen molar-refractivity contribution in [1.29, 1.82) is 0 Å². The van der Waals surface area contributed by atoms with Crippen LogP contribution in [0, 0.1) is 6.92 Å². The van der Waals surface area contributed by atoms with Crippen LogP contribution in [-0.2, 0) is 11.2 Å². The van der Waals surface area contributed by atoms with E-state index in [4.69, 9.17) is 16.3 Å². The van der Waals surface area contributed by atoms with Crippen LogP contribution in [0.1, 0.15) is 33.2 Å². The van der Waals surface area contributed by atoms with Gasteiger partial charge in [0, 0.05) is 31.3 Å². The van der Waals surface area contributed by atoms with Crippen LogP contribution in [0.3, 0.4) is 0 Å². The summed E-state index contributed by atoms with van der Waals surface area (Å²) in [5.74, 6) is 0.0422. The summed E-state index contributed by atoms with van der Waals surface area (Å²) in [6.45, 7) is 4.49. The van der Waals surface area contributed by atoms with Gasteiger partial charge in [0.1, 0.15) is 5.15 Å². The third-order valence-corrected chi connectivity index (χ3v) is 4.29. The first-order valence-electron chi connectivity index (χ1n) is 7.70. The van der Waals surface area contributed by atoms with Crippen LogP contribution in [0.15, 0.2) is 36.5 Å². The molecule has 120 valence electrons. The number of rotatable bonds is 4. The molecule has 1 aromatic carbocycles. The fraction of sp³-hybridized carbons (Fsp3) is 0.333. The van der Waals surface area contributed by atoms with Gasteiger partial charge in [0.25, 0.3) is 0 Å². The van der Waals surface area contributed by atoms with Crippen molar-refractivity contribution in [3.63, 3.8) is 0 Å². The summed E-state index contributed by atoms with van der Waals surface area (Å²) in [5, 5.41) is 3.72. The molecule has 0 bridgehead atoms. The third kappa shape index (κ3) is 3.96. The lowest BCUT2D eigenvalue weighted by molar-refractivity contribution is 0.0276. The molecule has 1 aromatic heterocycles. The number of pyridine rings is 1. The molecule has 0 amide bonds. The van der Waals surface area contributed by atoms with Gasteiger partial charge in [-0.3, -0.25) is 4.79 Å². The maximum absolute atomic E-state index is 12.3. The Labute approximate surface area is 140 Å². The summed E-state index contributed by atoms with van der Waals surface area (Å²) in [6, 6.07) is 9.53. The molecule has 1 N–H and O–H groups in total. The molecule has 0 aliphatic carbocycles. The minimum atomic E-state index is 0.0422. The number of ketones is 1. The molecule has 1 aliphatic heterocycles. The van der Waals surface area contributed by atoms with Crippen molar-refractivity contribution in [3.05, 3.63) is 63.9 Å². The molecule has 1 atom stereocenters. The van der Waals surface area contributed by atoms with E-state index >= 15 is 0 Å². The number of aromatic nitrogens is 1. The Balaban J connectivity index is 1.73. The number of carbonyl (C=O) groups excluding carboxylic acids is 1. The van der Waals surface area contributed by atoms with Crippen molar-refractivity contribution in [1.82, 2.24) is 10.3 Å². The average molecular weight is 331 g/mol. The summed E-state index contributed by atoms with van der Waals surface area (Å²) >= 11 is 5.75. The van der Waals surface area contributed by atoms with Crippen LogP contribution in [0.2, 0.25) is 5.15 Å². The van der Waals surface area contributed by atoms with Gasteiger partial charge in [-0.1, -0.05) is 29.8 Å². The monoisotopic (exact) mass is 330 g/mol. The van der Waals surface area contributed by atoms with Crippen molar-refractivity contribution in [2.75, 3.05) is 19.7 Å². The zero-order valence-electron chi connectivity index (χ0n) is 13.0. The molecular formula is C18H19ClN2O2. The highest BCUT2D eigenvalue weighted by Gasteiger charge is 2.17. The van der Waals surface area contributed by atoms with Crippen molar-refractivity contribution in [2.45, 2.75) is 19.4 Å². The van der Waals surface area contributed by atoms with E-state index < -0.39 is 0 Å². The van der Waals surface area contributed by atoms with Crippen LogP contribution in [0.5, 0.6) is 0 Å². The summed E-state index contributed by atoms with van der Waals surface area (Å²) < 4.78 is 5.77. The van der Waals surface area contributed by atoms with Gasteiger partial charge in [0.05, 0.1) is 12.7 Å². The lowest BCUT2D eigenvalue weighted by Gasteiger charge is -2.24. The SMILES string of the molecule is Cc1cc([C@@H]2CNCCO2)ccc1CC(=O)c1ccc(Cl)nc1. The highest BCUT2D eigenvalue weighted by Crippen LogP contribution is 2.22. The van der Waals surface area contributed by atoms with Crippen LogP contribution in [0.25, 0.3) is 0 Å². The number of Topliss-reactive ketones (excluding diaryl/α,β-unsaturated/α-hetero) is 1. The fourth-order valence-electron chi connectivity index (χ4n) is 2.71. The molecule has 0 radical (unpaired) electrons. The van der Waals surface area contributed by atoms with Crippen LogP contribution in [-0.4, -0.2) is 30.5 Å². The number of benzene rings is 1. The van der Waals surface area contributed by atoms with E-state index in [-0.39, 0.29) is 11.9 Å². The van der Waals surface area contributed by atoms with E-state index in [2.05, 4.69) is 16.4 Å². The number of hydrogen-bond donors (Lipinski definition) is 1. The standard InChI is InChI=1S/C18H19ClN2O2/c1-12-8-14(17-11-20-6-7-23-17)3-2-13(12)9-16(22)15-4-5-18(19)21-10-15/h2-5,8,10,17,20H,6-7,9,11H2,1H3/t17-/m0/s1. The van der Waals surface area contributed by atoms with Gasteiger partial charge in [-0.2, -0.15) is 0 Å². The number of carbonyl (C=O) groups is 1. The predicted molar refractivity (Wildman–Crippen MR) is 90.0 cm³/mol. The quantitative estimate of drug-likeness (QED) is 0.691. The lowest BCUT2D eigenvalue weighted by Crippen LogP contribution is -2.33. The summed E-state index contributed by atoms with van der Waals surface area (Å²) in [4.78, 5) is 16.3. The molecule has 0 unspecified atom stereocenters. The second kappa shape index (κ2) is 7.21. The molecule has 0 spiro atoms. The number of nitrogens with one attached hydrogen (secondary N) is 1. The van der Waals surface area contributed by atoms with E-state index in [1.165, 1.54) is 6.20 Å². The maximum atomic E-state index is 12.3. The molecule has 1 aliphatic rings. The Morgan fingerprint density at radius 2 is 2.26 bits per heavy atom. The second-order valence-electron chi connectivity index (χ2n) is 5.72. The largest absolute Gasteiger partial charge is 0.371 e.